The average molecular weight is 552 g/mol. The Morgan fingerprint density at radius 2 is 1.59 bits per heavy atom. The second-order valence-electron chi connectivity index (χ2n) is 7.46. The van der Waals surface area contributed by atoms with Gasteiger partial charge in [0.05, 0.1) is 28.7 Å². The number of carbonyl (C=O) groups is 1. The molecule has 1 aliphatic heterocycles. The minimum absolute atomic E-state index is 0.0699. The number of carbonyl (C=O) groups excluding carboxylic acids is 1. The first-order valence-electron chi connectivity index (χ1n) is 9.87. The van der Waals surface area contributed by atoms with Crippen LogP contribution in [0, 0.1) is 0 Å². The summed E-state index contributed by atoms with van der Waals surface area (Å²) in [4.78, 5) is 30.7. The topological polar surface area (TPSA) is 67.6 Å². The van der Waals surface area contributed by atoms with Gasteiger partial charge >= 0.3 is 0 Å². The van der Waals surface area contributed by atoms with Crippen LogP contribution in [0.5, 0.6) is 0 Å². The molecule has 8 heteroatoms. The highest BCUT2D eigenvalue weighted by atomic mass is 79.9. The minimum Gasteiger partial charge on any atom is -0.272 e. The van der Waals surface area contributed by atoms with Gasteiger partial charge in [-0.05, 0) is 59.3 Å². The maximum Gasteiger partial charge on any atom is 0.266 e. The molecule has 32 heavy (non-hydrogen) atoms. The molecule has 0 aliphatic carbocycles. The molecule has 0 atom stereocenters. The van der Waals surface area contributed by atoms with Crippen molar-refractivity contribution in [2.24, 2.45) is 5.10 Å². The van der Waals surface area contributed by atoms with Crippen molar-refractivity contribution in [3.8, 4) is 17.1 Å². The molecule has 3 aromatic carbocycles. The number of hydrazone groups is 1. The monoisotopic (exact) mass is 550 g/mol. The van der Waals surface area contributed by atoms with Crippen molar-refractivity contribution in [2.75, 3.05) is 5.01 Å². The third kappa shape index (κ3) is 3.59. The average Bonchev–Trinajstić information content (AvgIpc) is 3.13. The van der Waals surface area contributed by atoms with Crippen molar-refractivity contribution in [3.05, 3.63) is 86.0 Å². The molecule has 0 bridgehead atoms. The Labute approximate surface area is 200 Å². The summed E-state index contributed by atoms with van der Waals surface area (Å²) in [6.45, 7) is 1.83. The van der Waals surface area contributed by atoms with E-state index in [2.05, 4.69) is 37.0 Å². The summed E-state index contributed by atoms with van der Waals surface area (Å²) in [5.41, 5.74) is 3.31. The standard InChI is InChI=1S/C24H16Br2N4O2/c1-14-11-21(31)30(28-14)18-9-7-17(8-10-18)29-23(15-5-3-2-4-6-15)27-22-19(24(29)32)12-16(25)13-20(22)26/h2-10,12-13H,11H2,1H3. The van der Waals surface area contributed by atoms with Crippen LogP contribution in [0.3, 0.4) is 0 Å². The predicted octanol–water partition coefficient (Wildman–Crippen LogP) is 5.69. The third-order valence-electron chi connectivity index (χ3n) is 5.19. The Balaban J connectivity index is 1.73. The van der Waals surface area contributed by atoms with Gasteiger partial charge in [0, 0.05) is 20.2 Å². The molecule has 0 fully saturated rings. The summed E-state index contributed by atoms with van der Waals surface area (Å²) in [6, 6.07) is 20.4. The molecule has 5 rings (SSSR count). The Bertz CT molecular complexity index is 1460. The number of hydrogen-bond donors (Lipinski definition) is 0. The Hall–Kier alpha value is -3.10. The molecule has 4 aromatic rings. The van der Waals surface area contributed by atoms with E-state index in [1.807, 2.05) is 43.3 Å². The van der Waals surface area contributed by atoms with Gasteiger partial charge in [0.25, 0.3) is 11.5 Å². The van der Waals surface area contributed by atoms with E-state index in [1.54, 1.807) is 34.9 Å². The summed E-state index contributed by atoms with van der Waals surface area (Å²) in [7, 11) is 0. The summed E-state index contributed by atoms with van der Waals surface area (Å²) >= 11 is 7.00. The predicted molar refractivity (Wildman–Crippen MR) is 133 cm³/mol. The van der Waals surface area contributed by atoms with Crippen molar-refractivity contribution in [3.63, 3.8) is 0 Å². The number of halogens is 2. The van der Waals surface area contributed by atoms with Gasteiger partial charge in [0.15, 0.2) is 0 Å². The second kappa shape index (κ2) is 8.11. The maximum absolute atomic E-state index is 13.7. The lowest BCUT2D eigenvalue weighted by Gasteiger charge is -2.16. The number of benzene rings is 3. The summed E-state index contributed by atoms with van der Waals surface area (Å²) < 4.78 is 3.12. The first kappa shape index (κ1) is 20.8. The number of fused-ring (bicyclic) bond motifs is 1. The van der Waals surface area contributed by atoms with Gasteiger partial charge in [-0.25, -0.2) is 9.99 Å². The van der Waals surface area contributed by atoms with Crippen molar-refractivity contribution in [2.45, 2.75) is 13.3 Å². The fourth-order valence-electron chi connectivity index (χ4n) is 3.74. The molecule has 0 spiro atoms. The fraction of sp³-hybridized carbons (Fsp3) is 0.0833. The van der Waals surface area contributed by atoms with Crippen LogP contribution in [0.15, 0.2) is 85.6 Å². The molecule has 0 saturated carbocycles. The molecular formula is C24H16Br2N4O2. The number of nitrogens with zero attached hydrogens (tertiary/aromatic N) is 4. The zero-order valence-corrected chi connectivity index (χ0v) is 20.1. The highest BCUT2D eigenvalue weighted by Crippen LogP contribution is 2.30. The van der Waals surface area contributed by atoms with Crippen LogP contribution >= 0.6 is 31.9 Å². The molecule has 0 radical (unpaired) electrons. The highest BCUT2D eigenvalue weighted by molar-refractivity contribution is 9.11. The van der Waals surface area contributed by atoms with Gasteiger partial charge in [0.2, 0.25) is 0 Å². The van der Waals surface area contributed by atoms with E-state index >= 15 is 0 Å². The number of amides is 1. The number of rotatable bonds is 3. The molecule has 0 unspecified atom stereocenters. The maximum atomic E-state index is 13.7. The van der Waals surface area contributed by atoms with Crippen LogP contribution in [0.25, 0.3) is 28.0 Å². The first-order chi connectivity index (χ1) is 15.4. The van der Waals surface area contributed by atoms with E-state index in [-0.39, 0.29) is 11.5 Å². The van der Waals surface area contributed by atoms with Gasteiger partial charge in [-0.1, -0.05) is 46.3 Å². The van der Waals surface area contributed by atoms with Crippen LogP contribution < -0.4 is 10.6 Å². The molecule has 1 aromatic heterocycles. The van der Waals surface area contributed by atoms with Gasteiger partial charge in [0.1, 0.15) is 5.82 Å². The number of anilines is 1. The molecule has 2 heterocycles. The van der Waals surface area contributed by atoms with Crippen molar-refractivity contribution < 1.29 is 4.79 Å². The van der Waals surface area contributed by atoms with Crippen molar-refractivity contribution in [1.29, 1.82) is 0 Å². The zero-order valence-electron chi connectivity index (χ0n) is 16.9. The van der Waals surface area contributed by atoms with Crippen molar-refractivity contribution >= 4 is 60.1 Å². The minimum atomic E-state index is -0.185. The van der Waals surface area contributed by atoms with Gasteiger partial charge in [-0.3, -0.25) is 14.2 Å². The fourth-order valence-corrected chi connectivity index (χ4v) is 5.05. The van der Waals surface area contributed by atoms with E-state index in [0.29, 0.717) is 34.5 Å². The largest absolute Gasteiger partial charge is 0.272 e. The van der Waals surface area contributed by atoms with Crippen LogP contribution in [-0.4, -0.2) is 21.2 Å². The second-order valence-corrected chi connectivity index (χ2v) is 9.23. The lowest BCUT2D eigenvalue weighted by Crippen LogP contribution is -2.23. The molecular weight excluding hydrogens is 536 g/mol. The highest BCUT2D eigenvalue weighted by Gasteiger charge is 2.23. The van der Waals surface area contributed by atoms with Crippen molar-refractivity contribution in [1.82, 2.24) is 9.55 Å². The molecule has 0 saturated heterocycles. The van der Waals surface area contributed by atoms with E-state index in [9.17, 15) is 9.59 Å². The van der Waals surface area contributed by atoms with Gasteiger partial charge in [-0.2, -0.15) is 5.10 Å². The third-order valence-corrected chi connectivity index (χ3v) is 6.25. The molecule has 0 N–H and O–H groups in total. The Morgan fingerprint density at radius 3 is 2.25 bits per heavy atom. The molecule has 1 amide bonds. The summed E-state index contributed by atoms with van der Waals surface area (Å²) in [5, 5.41) is 6.18. The van der Waals surface area contributed by atoms with E-state index in [1.165, 1.54) is 5.01 Å². The normalized spacial score (nSPS) is 13.7. The van der Waals surface area contributed by atoms with E-state index in [4.69, 9.17) is 4.98 Å². The van der Waals surface area contributed by atoms with Crippen LogP contribution in [0.4, 0.5) is 5.69 Å². The first-order valence-corrected chi connectivity index (χ1v) is 11.5. The SMILES string of the molecule is CC1=NN(c2ccc(-n3c(-c4ccccc4)nc4c(Br)cc(Br)cc4c3=O)cc2)C(=O)C1. The Kier molecular flexibility index (Phi) is 5.27. The molecule has 6 nitrogen and oxygen atoms in total. The van der Waals surface area contributed by atoms with E-state index < -0.39 is 0 Å². The summed E-state index contributed by atoms with van der Waals surface area (Å²) in [5.74, 6) is 0.462. The number of hydrogen-bond acceptors (Lipinski definition) is 4. The molecule has 158 valence electrons. The smallest absolute Gasteiger partial charge is 0.266 e. The van der Waals surface area contributed by atoms with Crippen LogP contribution in [-0.2, 0) is 4.79 Å². The number of aromatic nitrogens is 2. The lowest BCUT2D eigenvalue weighted by molar-refractivity contribution is -0.116. The summed E-state index contributed by atoms with van der Waals surface area (Å²) in [6.07, 6.45) is 0.317. The van der Waals surface area contributed by atoms with E-state index in [0.717, 1.165) is 20.2 Å². The quantitative estimate of drug-likeness (QED) is 0.328. The molecule has 1 aliphatic rings. The van der Waals surface area contributed by atoms with Gasteiger partial charge < -0.3 is 0 Å². The lowest BCUT2D eigenvalue weighted by atomic mass is 10.1. The van der Waals surface area contributed by atoms with Crippen LogP contribution in [0.2, 0.25) is 0 Å². The zero-order chi connectivity index (χ0) is 22.4. The Morgan fingerprint density at radius 1 is 0.906 bits per heavy atom. The van der Waals surface area contributed by atoms with Crippen LogP contribution in [0.1, 0.15) is 13.3 Å². The van der Waals surface area contributed by atoms with Gasteiger partial charge in [-0.15, -0.1) is 0 Å².